The molecule has 2 N–H and O–H groups in total. The number of aryl methyl sites for hydroxylation is 1. The number of rotatable bonds is 9. The van der Waals surface area contributed by atoms with Gasteiger partial charge in [0.05, 0.1) is 26.6 Å². The largest absolute Gasteiger partial charge is 0.380 e. The van der Waals surface area contributed by atoms with Crippen LogP contribution in [-0.2, 0) is 32.7 Å². The lowest BCUT2D eigenvalue weighted by atomic mass is 10.0. The zero-order valence-corrected chi connectivity index (χ0v) is 25.2. The molecule has 0 amide bonds. The van der Waals surface area contributed by atoms with Crippen molar-refractivity contribution in [2.24, 2.45) is 0 Å². The van der Waals surface area contributed by atoms with Crippen LogP contribution in [0.15, 0.2) is 69.8 Å². The van der Waals surface area contributed by atoms with Crippen molar-refractivity contribution in [3.8, 4) is 0 Å². The van der Waals surface area contributed by atoms with Crippen molar-refractivity contribution in [2.45, 2.75) is 78.8 Å². The Morgan fingerprint density at radius 3 is 2.43 bits per heavy atom. The van der Waals surface area contributed by atoms with Crippen LogP contribution in [0.3, 0.4) is 0 Å². The first kappa shape index (κ1) is 28.6. The Balaban J connectivity index is 1.33. The molecule has 4 aromatic rings. The van der Waals surface area contributed by atoms with Crippen LogP contribution in [0.5, 0.6) is 0 Å². The summed E-state index contributed by atoms with van der Waals surface area (Å²) in [5, 5.41) is 4.65. The van der Waals surface area contributed by atoms with Crippen molar-refractivity contribution in [2.75, 3.05) is 11.9 Å². The number of anilines is 1. The Bertz CT molecular complexity index is 1900. The molecule has 1 aromatic carbocycles. The molecular formula is C30H32FN5O4S2. The first-order valence-electron chi connectivity index (χ1n) is 13.8. The van der Waals surface area contributed by atoms with Crippen molar-refractivity contribution in [3.63, 3.8) is 0 Å². The van der Waals surface area contributed by atoms with Gasteiger partial charge in [0.1, 0.15) is 5.67 Å². The molecule has 0 saturated heterocycles. The van der Waals surface area contributed by atoms with E-state index in [4.69, 9.17) is 0 Å². The highest BCUT2D eigenvalue weighted by molar-refractivity contribution is 7.91. The normalized spacial score (nSPS) is 17.4. The molecule has 1 saturated carbocycles. The summed E-state index contributed by atoms with van der Waals surface area (Å²) >= 11 is 0. The Morgan fingerprint density at radius 1 is 0.952 bits per heavy atom. The highest BCUT2D eigenvalue weighted by Gasteiger charge is 2.34. The molecule has 0 aliphatic heterocycles. The third-order valence-electron chi connectivity index (χ3n) is 7.64. The second-order valence-electron chi connectivity index (χ2n) is 11.8. The number of halogens is 1. The van der Waals surface area contributed by atoms with E-state index in [9.17, 15) is 21.2 Å². The number of pyridine rings is 3. The standard InChI is InChI=1S/C30H32FN5O4S2/c1-18-4-7-24(16-33-18)41(37,38)25-10-23(14-32-15-25)36-22-9-20-8-21-13-34-28(19-5-6-19)12-27(21)29(26(20)11-22)42(39,40)35-17-30(2,3)31/h4,7-8,10,12-16,19,22,35-36H,5-6,9,11,17H2,1-3H3/t22-/m1/s1. The maximum Gasteiger partial charge on any atom is 0.241 e. The maximum absolute atomic E-state index is 14.3. The number of hydrogen-bond donors (Lipinski definition) is 2. The van der Waals surface area contributed by atoms with Crippen molar-refractivity contribution < 1.29 is 21.2 Å². The summed E-state index contributed by atoms with van der Waals surface area (Å²) in [6, 6.07) is 8.29. The smallest absolute Gasteiger partial charge is 0.241 e. The topological polar surface area (TPSA) is 131 Å². The number of sulfone groups is 1. The summed E-state index contributed by atoms with van der Waals surface area (Å²) in [7, 11) is -7.90. The monoisotopic (exact) mass is 609 g/mol. The Kier molecular flexibility index (Phi) is 7.06. The number of hydrogen-bond acceptors (Lipinski definition) is 8. The first-order chi connectivity index (χ1) is 19.8. The molecule has 12 heteroatoms. The van der Waals surface area contributed by atoms with E-state index in [-0.39, 0.29) is 27.3 Å². The zero-order valence-electron chi connectivity index (χ0n) is 23.6. The van der Waals surface area contributed by atoms with E-state index in [2.05, 4.69) is 25.0 Å². The van der Waals surface area contributed by atoms with E-state index in [0.29, 0.717) is 46.5 Å². The van der Waals surface area contributed by atoms with Gasteiger partial charge >= 0.3 is 0 Å². The molecular weight excluding hydrogens is 577 g/mol. The van der Waals surface area contributed by atoms with Gasteiger partial charge in [-0.05, 0) is 87.9 Å². The lowest BCUT2D eigenvalue weighted by Crippen LogP contribution is -2.36. The number of alkyl halides is 1. The number of aromatic nitrogens is 3. The maximum atomic E-state index is 14.3. The van der Waals surface area contributed by atoms with Gasteiger partial charge in [-0.1, -0.05) is 0 Å². The van der Waals surface area contributed by atoms with Crippen LogP contribution < -0.4 is 10.0 Å². The lowest BCUT2D eigenvalue weighted by Gasteiger charge is -2.18. The van der Waals surface area contributed by atoms with Crippen molar-refractivity contribution >= 4 is 36.3 Å². The average Bonchev–Trinajstić information content (AvgIpc) is 3.71. The van der Waals surface area contributed by atoms with E-state index in [1.807, 2.05) is 12.1 Å². The summed E-state index contributed by atoms with van der Waals surface area (Å²) in [6.07, 6.45) is 8.81. The molecule has 0 bridgehead atoms. The van der Waals surface area contributed by atoms with Crippen LogP contribution in [0.4, 0.5) is 10.1 Å². The number of fused-ring (bicyclic) bond motifs is 2. The lowest BCUT2D eigenvalue weighted by molar-refractivity contribution is 0.221. The first-order valence-corrected chi connectivity index (χ1v) is 16.8. The Hall–Kier alpha value is -3.48. The summed E-state index contributed by atoms with van der Waals surface area (Å²) in [5.74, 6) is 0.331. The number of nitrogens with one attached hydrogen (secondary N) is 2. The highest BCUT2D eigenvalue weighted by atomic mass is 32.2. The fraction of sp³-hybridized carbons (Fsp3) is 0.367. The molecule has 3 heterocycles. The molecule has 2 aliphatic rings. The van der Waals surface area contributed by atoms with Gasteiger partial charge in [-0.2, -0.15) is 0 Å². The van der Waals surface area contributed by atoms with Gasteiger partial charge in [0.2, 0.25) is 19.9 Å². The minimum absolute atomic E-state index is 0.0272. The SMILES string of the molecule is Cc1ccc(S(=O)(=O)c2cncc(N[C@@H]3Cc4cc5cnc(C6CC6)cc5c(S(=O)(=O)NCC(C)(C)F)c4C3)c2)cn1. The molecule has 220 valence electrons. The molecule has 0 unspecified atom stereocenters. The van der Waals surface area contributed by atoms with E-state index in [1.165, 1.54) is 38.4 Å². The quantitative estimate of drug-likeness (QED) is 0.281. The van der Waals surface area contributed by atoms with Gasteiger partial charge < -0.3 is 5.32 Å². The molecule has 1 atom stereocenters. The predicted octanol–water partition coefficient (Wildman–Crippen LogP) is 4.65. The summed E-state index contributed by atoms with van der Waals surface area (Å²) in [6.45, 7) is 4.08. The van der Waals surface area contributed by atoms with Crippen LogP contribution in [0.2, 0.25) is 0 Å². The second-order valence-corrected chi connectivity index (χ2v) is 15.4. The summed E-state index contributed by atoms with van der Waals surface area (Å²) in [4.78, 5) is 13.1. The van der Waals surface area contributed by atoms with Gasteiger partial charge in [-0.25, -0.2) is 25.9 Å². The fourth-order valence-corrected chi connectivity index (χ4v) is 8.22. The summed E-state index contributed by atoms with van der Waals surface area (Å²) < 4.78 is 70.7. The molecule has 0 spiro atoms. The third kappa shape index (κ3) is 5.75. The highest BCUT2D eigenvalue weighted by Crippen LogP contribution is 2.42. The molecule has 9 nitrogen and oxygen atoms in total. The van der Waals surface area contributed by atoms with Crippen molar-refractivity contribution in [1.82, 2.24) is 19.7 Å². The van der Waals surface area contributed by atoms with Crippen LogP contribution >= 0.6 is 0 Å². The molecule has 6 rings (SSSR count). The zero-order chi connectivity index (χ0) is 29.9. The van der Waals surface area contributed by atoms with E-state index in [0.717, 1.165) is 24.1 Å². The molecule has 0 radical (unpaired) electrons. The van der Waals surface area contributed by atoms with Gasteiger partial charge in [0, 0.05) is 59.3 Å². The Labute approximate surface area is 245 Å². The third-order valence-corrected chi connectivity index (χ3v) is 10.9. The Morgan fingerprint density at radius 2 is 1.74 bits per heavy atom. The van der Waals surface area contributed by atoms with Crippen molar-refractivity contribution in [1.29, 1.82) is 0 Å². The van der Waals surface area contributed by atoms with Crippen LogP contribution in [0.25, 0.3) is 10.8 Å². The minimum Gasteiger partial charge on any atom is -0.380 e. The van der Waals surface area contributed by atoms with Crippen molar-refractivity contribution in [3.05, 3.63) is 77.6 Å². The van der Waals surface area contributed by atoms with Gasteiger partial charge in [0.25, 0.3) is 0 Å². The average molecular weight is 610 g/mol. The number of nitrogens with zero attached hydrogens (tertiary/aromatic N) is 3. The molecule has 3 aromatic heterocycles. The van der Waals surface area contributed by atoms with Crippen LogP contribution in [0.1, 0.15) is 55.1 Å². The molecule has 2 aliphatic carbocycles. The molecule has 1 fully saturated rings. The minimum atomic E-state index is -4.07. The van der Waals surface area contributed by atoms with Gasteiger partial charge in [-0.15, -0.1) is 0 Å². The van der Waals surface area contributed by atoms with Crippen LogP contribution in [0, 0.1) is 6.92 Å². The van der Waals surface area contributed by atoms with Gasteiger partial charge in [-0.3, -0.25) is 15.0 Å². The fourth-order valence-electron chi connectivity index (χ4n) is 5.35. The number of benzene rings is 1. The second kappa shape index (κ2) is 10.4. The predicted molar refractivity (Wildman–Crippen MR) is 158 cm³/mol. The van der Waals surface area contributed by atoms with E-state index in [1.54, 1.807) is 25.4 Å². The van der Waals surface area contributed by atoms with E-state index < -0.39 is 25.5 Å². The van der Waals surface area contributed by atoms with Gasteiger partial charge in [0.15, 0.2) is 0 Å². The number of sulfonamides is 1. The van der Waals surface area contributed by atoms with E-state index >= 15 is 0 Å². The van der Waals surface area contributed by atoms with Crippen LogP contribution in [-0.4, -0.2) is 50.0 Å². The summed E-state index contributed by atoms with van der Waals surface area (Å²) in [5.41, 5.74) is 1.87. The molecule has 42 heavy (non-hydrogen) atoms.